The summed E-state index contributed by atoms with van der Waals surface area (Å²) < 4.78 is 34.6. The Labute approximate surface area is 284 Å². The largest absolute Gasteiger partial charge is 0.489 e. The van der Waals surface area contributed by atoms with E-state index in [9.17, 15) is 22.8 Å². The van der Waals surface area contributed by atoms with Crippen LogP contribution in [-0.4, -0.2) is 102 Å². The van der Waals surface area contributed by atoms with Crippen LogP contribution in [0.5, 0.6) is 5.75 Å². The molecule has 2 aliphatic heterocycles. The second kappa shape index (κ2) is 14.0. The topological polar surface area (TPSA) is 167 Å². The third kappa shape index (κ3) is 7.97. The Morgan fingerprint density at radius 2 is 1.90 bits per heavy atom. The normalized spacial score (nSPS) is 16.2. The molecule has 0 saturated carbocycles. The minimum Gasteiger partial charge on any atom is -0.489 e. The fourth-order valence-electron chi connectivity index (χ4n) is 6.60. The zero-order valence-corrected chi connectivity index (χ0v) is 29.0. The van der Waals surface area contributed by atoms with E-state index in [1.165, 1.54) is 19.4 Å². The van der Waals surface area contributed by atoms with Crippen LogP contribution in [0.3, 0.4) is 0 Å². The number of esters is 1. The first-order valence-corrected chi connectivity index (χ1v) is 18.5. The number of anilines is 1. The number of H-pyrrole nitrogens is 2. The molecule has 4 aromatic rings. The lowest BCUT2D eigenvalue weighted by Crippen LogP contribution is -2.45. The summed E-state index contributed by atoms with van der Waals surface area (Å²) in [5, 5.41) is 3.24. The molecule has 2 aromatic heterocycles. The Morgan fingerprint density at radius 3 is 2.61 bits per heavy atom. The monoisotopic (exact) mass is 690 g/mol. The zero-order chi connectivity index (χ0) is 34.9. The van der Waals surface area contributed by atoms with Crippen LogP contribution in [0.25, 0.3) is 22.4 Å². The molecule has 1 atom stereocenters. The number of aryl methyl sites for hydroxylation is 2. The predicted octanol–water partition coefficient (Wildman–Crippen LogP) is 3.42. The molecule has 260 valence electrons. The number of likely N-dealkylation sites (tertiary alicyclic amines) is 1. The Morgan fingerprint density at radius 1 is 1.12 bits per heavy atom. The number of benzene rings is 2. The molecule has 1 amide bonds. The van der Waals surface area contributed by atoms with E-state index in [0.717, 1.165) is 42.6 Å². The molecule has 2 aromatic carbocycles. The van der Waals surface area contributed by atoms with E-state index in [2.05, 4.69) is 20.2 Å². The number of hydrogen-bond acceptors (Lipinski definition) is 10. The van der Waals surface area contributed by atoms with E-state index in [4.69, 9.17) is 14.5 Å². The number of pyridine rings is 1. The number of fused-ring (bicyclic) bond motifs is 2. The number of amides is 1. The van der Waals surface area contributed by atoms with Crippen LogP contribution in [0.2, 0.25) is 0 Å². The van der Waals surface area contributed by atoms with Crippen molar-refractivity contribution in [2.45, 2.75) is 52.3 Å². The number of rotatable bonds is 12. The molecule has 13 nitrogen and oxygen atoms in total. The van der Waals surface area contributed by atoms with Crippen molar-refractivity contribution in [3.8, 4) is 17.1 Å². The summed E-state index contributed by atoms with van der Waals surface area (Å²) >= 11 is 0. The maximum atomic E-state index is 13.6. The molecule has 0 spiro atoms. The zero-order valence-electron chi connectivity index (χ0n) is 28.2. The number of sulfone groups is 1. The molecule has 49 heavy (non-hydrogen) atoms. The van der Waals surface area contributed by atoms with Gasteiger partial charge < -0.3 is 34.6 Å². The van der Waals surface area contributed by atoms with Crippen molar-refractivity contribution < 1.29 is 27.5 Å². The maximum Gasteiger partial charge on any atom is 0.303 e. The van der Waals surface area contributed by atoms with Gasteiger partial charge >= 0.3 is 5.97 Å². The highest BCUT2D eigenvalue weighted by Gasteiger charge is 2.35. The molecule has 0 aliphatic carbocycles. The Kier molecular flexibility index (Phi) is 9.79. The number of aromatic nitrogens is 3. The van der Waals surface area contributed by atoms with Crippen LogP contribution in [0.4, 0.5) is 5.69 Å². The highest BCUT2D eigenvalue weighted by Crippen LogP contribution is 2.33. The van der Waals surface area contributed by atoms with Crippen LogP contribution in [0, 0.1) is 13.8 Å². The lowest BCUT2D eigenvalue weighted by molar-refractivity contribution is -0.147. The van der Waals surface area contributed by atoms with Gasteiger partial charge in [0.15, 0.2) is 6.10 Å². The minimum absolute atomic E-state index is 0.0397. The van der Waals surface area contributed by atoms with Gasteiger partial charge in [-0.15, -0.1) is 0 Å². The van der Waals surface area contributed by atoms with Gasteiger partial charge in [-0.2, -0.15) is 0 Å². The standard InChI is InChI=1S/C35H42N6O7S/c1-21-5-6-31(22(2)15-21)47-20-26(48-23(3)42)18-37-28-7-10-36-34(43)32(28)33-38-29-16-24-19-41(35(44)27(24)17-30(29)39-33)25-8-11-40(12-9-25)13-14-49(4,45)46/h5-7,10,15-17,25-26H,8-9,11-14,18-20H2,1-4H3,(H,38,39)(H2,36,37,43). The quantitative estimate of drug-likeness (QED) is 0.188. The van der Waals surface area contributed by atoms with Crippen molar-refractivity contribution in [3.63, 3.8) is 0 Å². The summed E-state index contributed by atoms with van der Waals surface area (Å²) in [6.45, 7) is 8.06. The van der Waals surface area contributed by atoms with Gasteiger partial charge in [-0.25, -0.2) is 13.4 Å². The molecule has 0 bridgehead atoms. The van der Waals surface area contributed by atoms with E-state index in [0.29, 0.717) is 46.9 Å². The fraction of sp³-hybridized carbons (Fsp3) is 0.429. The maximum absolute atomic E-state index is 13.6. The van der Waals surface area contributed by atoms with E-state index in [-0.39, 0.29) is 42.0 Å². The van der Waals surface area contributed by atoms with Gasteiger partial charge in [0.1, 0.15) is 33.6 Å². The van der Waals surface area contributed by atoms with Gasteiger partial charge in [-0.1, -0.05) is 17.7 Å². The third-order valence-corrected chi connectivity index (χ3v) is 10.0. The molecule has 4 heterocycles. The SMILES string of the molecule is CC(=O)OC(CNc1cc[nH]c(=O)c1-c1nc2cc3c(cc2[nH]1)C(=O)N(C1CCN(CCS(C)(=O)=O)CC1)C3)COc1ccc(C)cc1C. The average molecular weight is 691 g/mol. The number of ether oxygens (including phenoxy) is 2. The molecule has 14 heteroatoms. The van der Waals surface area contributed by atoms with Crippen molar-refractivity contribution in [1.29, 1.82) is 0 Å². The minimum atomic E-state index is -3.02. The molecule has 1 fully saturated rings. The van der Waals surface area contributed by atoms with Gasteiger partial charge in [-0.3, -0.25) is 14.4 Å². The summed E-state index contributed by atoms with van der Waals surface area (Å²) in [4.78, 5) is 53.3. The highest BCUT2D eigenvalue weighted by atomic mass is 32.2. The van der Waals surface area contributed by atoms with Crippen molar-refractivity contribution in [2.75, 3.05) is 50.1 Å². The van der Waals surface area contributed by atoms with Crippen LogP contribution < -0.4 is 15.6 Å². The third-order valence-electron chi connectivity index (χ3n) is 9.12. The summed E-state index contributed by atoms with van der Waals surface area (Å²) in [5.74, 6) is 0.682. The Bertz CT molecular complexity index is 2050. The van der Waals surface area contributed by atoms with E-state index in [1.54, 1.807) is 12.1 Å². The van der Waals surface area contributed by atoms with E-state index >= 15 is 0 Å². The molecule has 3 N–H and O–H groups in total. The first kappa shape index (κ1) is 34.2. The number of imidazole rings is 1. The Hall–Kier alpha value is -4.69. The molecule has 0 radical (unpaired) electrons. The molecule has 1 unspecified atom stereocenters. The second-order valence-corrected chi connectivity index (χ2v) is 15.3. The number of nitrogens with one attached hydrogen (secondary N) is 3. The van der Waals surface area contributed by atoms with E-state index < -0.39 is 21.9 Å². The lowest BCUT2D eigenvalue weighted by Gasteiger charge is -2.36. The van der Waals surface area contributed by atoms with Crippen molar-refractivity contribution >= 4 is 38.4 Å². The van der Waals surface area contributed by atoms with Crippen molar-refractivity contribution in [1.82, 2.24) is 24.8 Å². The van der Waals surface area contributed by atoms with Crippen LogP contribution >= 0.6 is 0 Å². The number of nitrogens with zero attached hydrogens (tertiary/aromatic N) is 3. The van der Waals surface area contributed by atoms with Crippen molar-refractivity contribution in [2.24, 2.45) is 0 Å². The van der Waals surface area contributed by atoms with Gasteiger partial charge in [0.05, 0.1) is 29.0 Å². The summed E-state index contributed by atoms with van der Waals surface area (Å²) in [6, 6.07) is 11.3. The molecule has 2 aliphatic rings. The van der Waals surface area contributed by atoms with Crippen molar-refractivity contribution in [3.05, 3.63) is 75.2 Å². The first-order valence-electron chi connectivity index (χ1n) is 16.4. The first-order chi connectivity index (χ1) is 23.3. The summed E-state index contributed by atoms with van der Waals surface area (Å²) in [5.41, 5.74) is 5.25. The van der Waals surface area contributed by atoms with E-state index in [1.807, 2.05) is 43.0 Å². The summed E-state index contributed by atoms with van der Waals surface area (Å²) in [6.07, 6.45) is 3.71. The van der Waals surface area contributed by atoms with Gasteiger partial charge in [0.25, 0.3) is 11.5 Å². The number of aromatic amines is 2. The van der Waals surface area contributed by atoms with Crippen LogP contribution in [0.1, 0.15) is 46.8 Å². The van der Waals surface area contributed by atoms with Crippen LogP contribution in [-0.2, 0) is 25.9 Å². The fourth-order valence-corrected chi connectivity index (χ4v) is 7.19. The lowest BCUT2D eigenvalue weighted by atomic mass is 10.0. The number of hydrogen-bond donors (Lipinski definition) is 3. The summed E-state index contributed by atoms with van der Waals surface area (Å²) in [7, 11) is -3.02. The number of carbonyl (C=O) groups is 2. The predicted molar refractivity (Wildman–Crippen MR) is 187 cm³/mol. The van der Waals surface area contributed by atoms with Gasteiger partial charge in [0, 0.05) is 57.2 Å². The van der Waals surface area contributed by atoms with Crippen LogP contribution in [0.15, 0.2) is 47.4 Å². The highest BCUT2D eigenvalue weighted by molar-refractivity contribution is 7.90. The molecular formula is C35H42N6O7S. The van der Waals surface area contributed by atoms with Gasteiger partial charge in [0.2, 0.25) is 0 Å². The van der Waals surface area contributed by atoms with Gasteiger partial charge in [-0.05, 0) is 62.1 Å². The Balaban J connectivity index is 1.15. The average Bonchev–Trinajstić information content (AvgIpc) is 3.60. The molecular weight excluding hydrogens is 648 g/mol. The smallest absolute Gasteiger partial charge is 0.303 e. The number of piperidine rings is 1. The molecule has 6 rings (SSSR count). The second-order valence-electron chi connectivity index (χ2n) is 13.0. The number of carbonyl (C=O) groups excluding carboxylic acids is 2. The molecule has 1 saturated heterocycles.